The van der Waals surface area contributed by atoms with Crippen LogP contribution in [0.3, 0.4) is 0 Å². The fourth-order valence-electron chi connectivity index (χ4n) is 2.39. The van der Waals surface area contributed by atoms with E-state index in [2.05, 4.69) is 4.98 Å². The molecule has 106 valence electrons. The fourth-order valence-corrected chi connectivity index (χ4v) is 2.39. The van der Waals surface area contributed by atoms with E-state index in [4.69, 9.17) is 0 Å². The van der Waals surface area contributed by atoms with Crippen molar-refractivity contribution in [2.75, 3.05) is 0 Å². The molecule has 0 amide bonds. The Morgan fingerprint density at radius 2 is 1.57 bits per heavy atom. The van der Waals surface area contributed by atoms with Gasteiger partial charge in [-0.15, -0.1) is 0 Å². The molecule has 3 rings (SSSR count). The highest BCUT2D eigenvalue weighted by atomic mass is 19.1. The molecular weight excluding hydrogens is 275 g/mol. The number of benzene rings is 2. The van der Waals surface area contributed by atoms with E-state index in [1.54, 1.807) is 6.07 Å². The van der Waals surface area contributed by atoms with Crippen molar-refractivity contribution in [3.05, 3.63) is 65.5 Å². The van der Waals surface area contributed by atoms with Crippen molar-refractivity contribution in [1.82, 2.24) is 4.98 Å². The summed E-state index contributed by atoms with van der Waals surface area (Å²) < 4.78 is 40.1. The van der Waals surface area contributed by atoms with Crippen LogP contribution in [0.4, 0.5) is 13.2 Å². The van der Waals surface area contributed by atoms with Crippen molar-refractivity contribution in [1.29, 1.82) is 0 Å². The van der Waals surface area contributed by atoms with Crippen LogP contribution in [0, 0.1) is 17.5 Å². The summed E-state index contributed by atoms with van der Waals surface area (Å²) in [4.78, 5) is 4.39. The quantitative estimate of drug-likeness (QED) is 0.654. The highest BCUT2D eigenvalue weighted by Gasteiger charge is 2.11. The predicted octanol–water partition coefficient (Wildman–Crippen LogP) is 4.88. The molecule has 0 atom stereocenters. The molecule has 0 aliphatic carbocycles. The van der Waals surface area contributed by atoms with Crippen molar-refractivity contribution in [3.8, 4) is 11.3 Å². The summed E-state index contributed by atoms with van der Waals surface area (Å²) in [5.41, 5.74) is 2.16. The number of pyridine rings is 1. The minimum atomic E-state index is -0.659. The van der Waals surface area contributed by atoms with Crippen molar-refractivity contribution in [3.63, 3.8) is 0 Å². The first-order chi connectivity index (χ1) is 10.1. The lowest BCUT2D eigenvalue weighted by Crippen LogP contribution is -1.95. The lowest BCUT2D eigenvalue weighted by atomic mass is 10.0. The van der Waals surface area contributed by atoms with Gasteiger partial charge < -0.3 is 0 Å². The molecule has 0 spiro atoms. The fraction of sp³-hybridized carbons (Fsp3) is 0.118. The van der Waals surface area contributed by atoms with Gasteiger partial charge in [-0.05, 0) is 42.3 Å². The van der Waals surface area contributed by atoms with Crippen LogP contribution in [0.5, 0.6) is 0 Å². The van der Waals surface area contributed by atoms with E-state index in [0.29, 0.717) is 23.2 Å². The van der Waals surface area contributed by atoms with Gasteiger partial charge >= 0.3 is 0 Å². The maximum Gasteiger partial charge on any atom is 0.126 e. The Labute approximate surface area is 120 Å². The van der Waals surface area contributed by atoms with Gasteiger partial charge in [-0.2, -0.15) is 0 Å². The summed E-state index contributed by atoms with van der Waals surface area (Å²) >= 11 is 0. The molecule has 21 heavy (non-hydrogen) atoms. The highest BCUT2D eigenvalue weighted by molar-refractivity contribution is 5.83. The Hall–Kier alpha value is -2.36. The minimum absolute atomic E-state index is 0.357. The normalized spacial score (nSPS) is 11.0. The maximum atomic E-state index is 13.4. The molecule has 0 N–H and O–H groups in total. The van der Waals surface area contributed by atoms with Crippen LogP contribution in [0.1, 0.15) is 12.5 Å². The molecule has 0 saturated heterocycles. The zero-order chi connectivity index (χ0) is 15.0. The van der Waals surface area contributed by atoms with Gasteiger partial charge in [0.2, 0.25) is 0 Å². The number of nitrogens with zero attached hydrogens (tertiary/aromatic N) is 1. The summed E-state index contributed by atoms with van der Waals surface area (Å²) in [5.74, 6) is -1.71. The average Bonchev–Trinajstić information content (AvgIpc) is 2.44. The molecular formula is C17H12F3N. The number of fused-ring (bicyclic) bond motifs is 1. The van der Waals surface area contributed by atoms with E-state index in [1.807, 2.05) is 13.0 Å². The number of aryl methyl sites for hydroxylation is 1. The predicted molar refractivity (Wildman–Crippen MR) is 76.4 cm³/mol. The molecule has 3 aromatic rings. The minimum Gasteiger partial charge on any atom is -0.247 e. The second-order valence-corrected chi connectivity index (χ2v) is 4.84. The lowest BCUT2D eigenvalue weighted by molar-refractivity contribution is 0.584. The van der Waals surface area contributed by atoms with Gasteiger partial charge in [0.25, 0.3) is 0 Å². The van der Waals surface area contributed by atoms with Crippen LogP contribution in [0.2, 0.25) is 0 Å². The second-order valence-electron chi connectivity index (χ2n) is 4.84. The molecule has 1 aromatic heterocycles. The van der Waals surface area contributed by atoms with E-state index in [1.165, 1.54) is 24.3 Å². The first-order valence-electron chi connectivity index (χ1n) is 6.62. The number of hydrogen-bond acceptors (Lipinski definition) is 1. The standard InChI is InChI=1S/C17H12F3N/c1-2-10-5-11-3-4-13(18)9-16(11)21-17(10)12-6-14(19)8-15(20)7-12/h3-9H,2H2,1H3. The molecule has 0 aliphatic rings. The third-order valence-electron chi connectivity index (χ3n) is 3.38. The van der Waals surface area contributed by atoms with Crippen LogP contribution in [0.15, 0.2) is 42.5 Å². The molecule has 4 heteroatoms. The van der Waals surface area contributed by atoms with Crippen LogP contribution < -0.4 is 0 Å². The van der Waals surface area contributed by atoms with Gasteiger partial charge in [0.1, 0.15) is 17.5 Å². The summed E-state index contributed by atoms with van der Waals surface area (Å²) in [7, 11) is 0. The molecule has 0 radical (unpaired) electrons. The van der Waals surface area contributed by atoms with E-state index in [9.17, 15) is 13.2 Å². The van der Waals surface area contributed by atoms with Gasteiger partial charge in [-0.1, -0.05) is 6.92 Å². The van der Waals surface area contributed by atoms with Crippen molar-refractivity contribution >= 4 is 10.9 Å². The van der Waals surface area contributed by atoms with E-state index >= 15 is 0 Å². The Morgan fingerprint density at radius 1 is 0.857 bits per heavy atom. The third kappa shape index (κ3) is 2.61. The lowest BCUT2D eigenvalue weighted by Gasteiger charge is -2.10. The first kappa shape index (κ1) is 13.6. The third-order valence-corrected chi connectivity index (χ3v) is 3.38. The van der Waals surface area contributed by atoms with Gasteiger partial charge in [0.05, 0.1) is 11.2 Å². The van der Waals surface area contributed by atoms with Gasteiger partial charge in [-0.3, -0.25) is 0 Å². The monoisotopic (exact) mass is 287 g/mol. The summed E-state index contributed by atoms with van der Waals surface area (Å²) in [6, 6.07) is 9.48. The number of halogens is 3. The first-order valence-corrected chi connectivity index (χ1v) is 6.62. The Morgan fingerprint density at radius 3 is 2.24 bits per heavy atom. The molecule has 0 unspecified atom stereocenters. The number of hydrogen-bond donors (Lipinski definition) is 0. The average molecular weight is 287 g/mol. The van der Waals surface area contributed by atoms with Crippen LogP contribution >= 0.6 is 0 Å². The van der Waals surface area contributed by atoms with Crippen LogP contribution in [-0.2, 0) is 6.42 Å². The van der Waals surface area contributed by atoms with Gasteiger partial charge in [-0.25, -0.2) is 18.2 Å². The Kier molecular flexibility index (Phi) is 3.37. The molecule has 1 nitrogen and oxygen atoms in total. The number of rotatable bonds is 2. The highest BCUT2D eigenvalue weighted by Crippen LogP contribution is 2.27. The maximum absolute atomic E-state index is 13.4. The summed E-state index contributed by atoms with van der Waals surface area (Å²) in [5, 5.41) is 0.800. The van der Waals surface area contributed by atoms with Gasteiger partial charge in [0.15, 0.2) is 0 Å². The summed E-state index contributed by atoms with van der Waals surface area (Å²) in [6.07, 6.45) is 0.660. The van der Waals surface area contributed by atoms with E-state index in [-0.39, 0.29) is 0 Å². The number of aromatic nitrogens is 1. The van der Waals surface area contributed by atoms with E-state index in [0.717, 1.165) is 17.0 Å². The topological polar surface area (TPSA) is 12.9 Å². The molecule has 0 saturated carbocycles. The molecule has 2 aromatic carbocycles. The Balaban J connectivity index is 2.29. The molecule has 0 bridgehead atoms. The SMILES string of the molecule is CCc1cc2ccc(F)cc2nc1-c1cc(F)cc(F)c1. The smallest absolute Gasteiger partial charge is 0.126 e. The van der Waals surface area contributed by atoms with Crippen LogP contribution in [-0.4, -0.2) is 4.98 Å². The molecule has 1 heterocycles. The molecule has 0 fully saturated rings. The molecule has 0 aliphatic heterocycles. The van der Waals surface area contributed by atoms with Crippen LogP contribution in [0.25, 0.3) is 22.2 Å². The Bertz CT molecular complexity index is 807. The zero-order valence-corrected chi connectivity index (χ0v) is 11.3. The van der Waals surface area contributed by atoms with Gasteiger partial charge in [0, 0.05) is 23.1 Å². The van der Waals surface area contributed by atoms with Crippen molar-refractivity contribution < 1.29 is 13.2 Å². The zero-order valence-electron chi connectivity index (χ0n) is 11.3. The van der Waals surface area contributed by atoms with E-state index < -0.39 is 17.5 Å². The largest absolute Gasteiger partial charge is 0.247 e. The van der Waals surface area contributed by atoms with Crippen molar-refractivity contribution in [2.45, 2.75) is 13.3 Å². The summed E-state index contributed by atoms with van der Waals surface area (Å²) in [6.45, 7) is 1.94. The van der Waals surface area contributed by atoms with Crippen molar-refractivity contribution in [2.24, 2.45) is 0 Å². The second kappa shape index (κ2) is 5.20.